The molecule has 94 valence electrons. The molecule has 0 aliphatic carbocycles. The molecule has 0 amide bonds. The Morgan fingerprint density at radius 3 is 2.89 bits per heavy atom. The van der Waals surface area contributed by atoms with Gasteiger partial charge in [0.2, 0.25) is 5.43 Å². The third-order valence-corrected chi connectivity index (χ3v) is 2.69. The van der Waals surface area contributed by atoms with Gasteiger partial charge in [-0.25, -0.2) is 9.78 Å². The first-order chi connectivity index (χ1) is 8.54. The largest absolute Gasteiger partial charge is 0.462 e. The minimum atomic E-state index is -0.630. The summed E-state index contributed by atoms with van der Waals surface area (Å²) >= 11 is 5.78. The second kappa shape index (κ2) is 4.78. The van der Waals surface area contributed by atoms with Crippen LogP contribution in [0.25, 0.3) is 11.0 Å². The number of aryl methyl sites for hydroxylation is 1. The van der Waals surface area contributed by atoms with Gasteiger partial charge < -0.3 is 9.30 Å². The van der Waals surface area contributed by atoms with E-state index in [4.69, 9.17) is 16.3 Å². The molecule has 0 saturated carbocycles. The van der Waals surface area contributed by atoms with Crippen LogP contribution < -0.4 is 5.43 Å². The zero-order valence-corrected chi connectivity index (χ0v) is 10.7. The molecule has 6 heteroatoms. The van der Waals surface area contributed by atoms with E-state index in [0.717, 1.165) is 0 Å². The lowest BCUT2D eigenvalue weighted by Gasteiger charge is -2.07. The van der Waals surface area contributed by atoms with Gasteiger partial charge in [0.05, 0.1) is 12.0 Å². The molecule has 2 heterocycles. The predicted molar refractivity (Wildman–Crippen MR) is 68.0 cm³/mol. The van der Waals surface area contributed by atoms with Gasteiger partial charge in [-0.2, -0.15) is 0 Å². The molecule has 2 rings (SSSR count). The number of hydrogen-bond acceptors (Lipinski definition) is 4. The smallest absolute Gasteiger partial charge is 0.343 e. The Kier molecular flexibility index (Phi) is 3.34. The lowest BCUT2D eigenvalue weighted by molar-refractivity contribution is 0.0524. The highest BCUT2D eigenvalue weighted by molar-refractivity contribution is 6.29. The van der Waals surface area contributed by atoms with Crippen LogP contribution >= 0.6 is 11.6 Å². The highest BCUT2D eigenvalue weighted by Gasteiger charge is 2.16. The third kappa shape index (κ3) is 2.09. The first-order valence-electron chi connectivity index (χ1n) is 5.37. The highest BCUT2D eigenvalue weighted by Crippen LogP contribution is 2.13. The first kappa shape index (κ1) is 12.6. The van der Waals surface area contributed by atoms with Crippen molar-refractivity contribution in [2.24, 2.45) is 7.05 Å². The average molecular weight is 267 g/mol. The van der Waals surface area contributed by atoms with E-state index in [1.165, 1.54) is 12.3 Å². The number of carbonyl (C=O) groups excluding carboxylic acids is 1. The van der Waals surface area contributed by atoms with Gasteiger partial charge in [-0.3, -0.25) is 4.79 Å². The summed E-state index contributed by atoms with van der Waals surface area (Å²) in [5, 5.41) is 0.633. The molecular weight excluding hydrogens is 256 g/mol. The fourth-order valence-electron chi connectivity index (χ4n) is 1.68. The molecule has 0 unspecified atom stereocenters. The molecule has 2 aromatic rings. The van der Waals surface area contributed by atoms with Gasteiger partial charge in [0.15, 0.2) is 0 Å². The molecule has 0 saturated heterocycles. The van der Waals surface area contributed by atoms with Crippen molar-refractivity contribution in [3.8, 4) is 0 Å². The minimum absolute atomic E-state index is 0.00373. The van der Waals surface area contributed by atoms with E-state index >= 15 is 0 Å². The second-order valence-corrected chi connectivity index (χ2v) is 4.10. The number of pyridine rings is 2. The van der Waals surface area contributed by atoms with Gasteiger partial charge in [-0.1, -0.05) is 11.6 Å². The van der Waals surface area contributed by atoms with E-state index in [1.54, 1.807) is 24.6 Å². The van der Waals surface area contributed by atoms with Crippen molar-refractivity contribution in [2.45, 2.75) is 6.92 Å². The average Bonchev–Trinajstić information content (AvgIpc) is 2.34. The quantitative estimate of drug-likeness (QED) is 0.614. The molecule has 2 aromatic heterocycles. The third-order valence-electron chi connectivity index (χ3n) is 2.48. The summed E-state index contributed by atoms with van der Waals surface area (Å²) in [5.74, 6) is -0.630. The molecule has 0 aromatic carbocycles. The summed E-state index contributed by atoms with van der Waals surface area (Å²) in [6.07, 6.45) is 1.41. The molecule has 18 heavy (non-hydrogen) atoms. The molecule has 0 N–H and O–H groups in total. The lowest BCUT2D eigenvalue weighted by atomic mass is 10.2. The normalized spacial score (nSPS) is 10.6. The number of halogens is 1. The number of hydrogen-bond donors (Lipinski definition) is 0. The van der Waals surface area contributed by atoms with Crippen LogP contribution in [-0.2, 0) is 11.8 Å². The van der Waals surface area contributed by atoms with Crippen molar-refractivity contribution in [1.29, 1.82) is 0 Å². The molecule has 0 aliphatic heterocycles. The fraction of sp³-hybridized carbons (Fsp3) is 0.250. The zero-order chi connectivity index (χ0) is 13.3. The Morgan fingerprint density at radius 1 is 1.50 bits per heavy atom. The molecule has 5 nitrogen and oxygen atoms in total. The van der Waals surface area contributed by atoms with Crippen molar-refractivity contribution in [3.63, 3.8) is 0 Å². The fourth-order valence-corrected chi connectivity index (χ4v) is 1.83. The molecule has 0 bridgehead atoms. The maximum Gasteiger partial charge on any atom is 0.343 e. The van der Waals surface area contributed by atoms with Crippen molar-refractivity contribution >= 4 is 28.6 Å². The van der Waals surface area contributed by atoms with Gasteiger partial charge in [-0.05, 0) is 19.1 Å². The standard InChI is InChI=1S/C12H11ClN2O3/c1-3-18-12(17)8-6-15(2)11-7(10(8)16)4-5-9(13)14-11/h4-6H,3H2,1-2H3. The second-order valence-electron chi connectivity index (χ2n) is 3.71. The Morgan fingerprint density at radius 2 is 2.22 bits per heavy atom. The minimum Gasteiger partial charge on any atom is -0.462 e. The van der Waals surface area contributed by atoms with E-state index in [9.17, 15) is 9.59 Å². The summed E-state index contributed by atoms with van der Waals surface area (Å²) in [6, 6.07) is 3.07. The molecule has 0 aliphatic rings. The predicted octanol–water partition coefficient (Wildman–Crippen LogP) is 1.76. The summed E-state index contributed by atoms with van der Waals surface area (Å²) in [6.45, 7) is 1.91. The van der Waals surface area contributed by atoms with Crippen molar-refractivity contribution in [3.05, 3.63) is 39.3 Å². The van der Waals surface area contributed by atoms with Gasteiger partial charge in [0, 0.05) is 13.2 Å². The van der Waals surface area contributed by atoms with Crippen molar-refractivity contribution < 1.29 is 9.53 Å². The molecule has 0 spiro atoms. The number of nitrogens with zero attached hydrogens (tertiary/aromatic N) is 2. The van der Waals surface area contributed by atoms with Crippen molar-refractivity contribution in [1.82, 2.24) is 9.55 Å². The van der Waals surface area contributed by atoms with Crippen LogP contribution in [0.2, 0.25) is 5.15 Å². The topological polar surface area (TPSA) is 61.2 Å². The Bertz CT molecular complexity index is 679. The van der Waals surface area contributed by atoms with Crippen LogP contribution in [0, 0.1) is 0 Å². The maximum absolute atomic E-state index is 12.1. The lowest BCUT2D eigenvalue weighted by Crippen LogP contribution is -2.20. The van der Waals surface area contributed by atoms with Crippen LogP contribution in [0.3, 0.4) is 0 Å². The van der Waals surface area contributed by atoms with E-state index in [-0.39, 0.29) is 12.2 Å². The van der Waals surface area contributed by atoms with Crippen LogP contribution in [0.15, 0.2) is 23.1 Å². The maximum atomic E-state index is 12.1. The number of ether oxygens (including phenoxy) is 1. The van der Waals surface area contributed by atoms with Gasteiger partial charge >= 0.3 is 5.97 Å². The van der Waals surface area contributed by atoms with Gasteiger partial charge in [-0.15, -0.1) is 0 Å². The van der Waals surface area contributed by atoms with E-state index in [2.05, 4.69) is 4.98 Å². The monoisotopic (exact) mass is 266 g/mol. The molecule has 0 fully saturated rings. The number of fused-ring (bicyclic) bond motifs is 1. The zero-order valence-electron chi connectivity index (χ0n) is 9.94. The number of aromatic nitrogens is 2. The van der Waals surface area contributed by atoms with Crippen LogP contribution in [0.4, 0.5) is 0 Å². The number of carbonyl (C=O) groups is 1. The Balaban J connectivity index is 2.73. The summed E-state index contributed by atoms with van der Waals surface area (Å²) in [5.41, 5.74) is 0.0298. The van der Waals surface area contributed by atoms with Gasteiger partial charge in [0.25, 0.3) is 0 Å². The van der Waals surface area contributed by atoms with E-state index < -0.39 is 11.4 Å². The summed E-state index contributed by atoms with van der Waals surface area (Å²) in [7, 11) is 1.69. The molecule has 0 atom stereocenters. The molecular formula is C12H11ClN2O3. The van der Waals surface area contributed by atoms with E-state index in [1.807, 2.05) is 0 Å². The van der Waals surface area contributed by atoms with Crippen LogP contribution in [0.1, 0.15) is 17.3 Å². The number of esters is 1. The summed E-state index contributed by atoms with van der Waals surface area (Å²) in [4.78, 5) is 27.8. The molecule has 0 radical (unpaired) electrons. The van der Waals surface area contributed by atoms with Crippen molar-refractivity contribution in [2.75, 3.05) is 6.61 Å². The Labute approximate surface area is 108 Å². The Hall–Kier alpha value is -1.88. The number of rotatable bonds is 2. The first-order valence-corrected chi connectivity index (χ1v) is 5.75. The van der Waals surface area contributed by atoms with Gasteiger partial charge in [0.1, 0.15) is 16.4 Å². The van der Waals surface area contributed by atoms with E-state index in [0.29, 0.717) is 16.2 Å². The highest BCUT2D eigenvalue weighted by atomic mass is 35.5. The van der Waals surface area contributed by atoms with Crippen LogP contribution in [0.5, 0.6) is 0 Å². The summed E-state index contributed by atoms with van der Waals surface area (Å²) < 4.78 is 6.42. The SMILES string of the molecule is CCOC(=O)c1cn(C)c2nc(Cl)ccc2c1=O. The van der Waals surface area contributed by atoms with Crippen LogP contribution in [-0.4, -0.2) is 22.1 Å².